The van der Waals surface area contributed by atoms with Crippen LogP contribution in [0.2, 0.25) is 0 Å². The Morgan fingerprint density at radius 2 is 1.57 bits per heavy atom. The molecule has 0 radical (unpaired) electrons. The first kappa shape index (κ1) is 9.80. The number of carbonyl (C=O) groups is 1. The van der Waals surface area contributed by atoms with Crippen LogP contribution in [0.4, 0.5) is 0 Å². The van der Waals surface area contributed by atoms with Crippen LogP contribution in [0, 0.1) is 0 Å². The van der Waals surface area contributed by atoms with Crippen LogP contribution in [0.3, 0.4) is 0 Å². The van der Waals surface area contributed by atoms with Gasteiger partial charge in [-0.3, -0.25) is 4.79 Å². The Morgan fingerprint density at radius 1 is 1.29 bits per heavy atom. The Bertz CT molecular complexity index is 44.0. The number of hydrogen-bond donors (Lipinski definition) is 0. The van der Waals surface area contributed by atoms with Crippen molar-refractivity contribution < 1.29 is 10.3 Å². The summed E-state index contributed by atoms with van der Waals surface area (Å²) in [5, 5.41) is 0. The third kappa shape index (κ3) is 5.63. The second-order valence-corrected chi connectivity index (χ2v) is 1.25. The number of Topliss-reactive ketones (excluding diaryl/α,β-unsaturated/α-hetero) is 1. The van der Waals surface area contributed by atoms with Gasteiger partial charge in [-0.2, -0.15) is 0 Å². The summed E-state index contributed by atoms with van der Waals surface area (Å²) in [7, 11) is 0. The molecule has 2 nitrogen and oxygen atoms in total. The van der Waals surface area contributed by atoms with Crippen molar-refractivity contribution in [2.24, 2.45) is 0 Å². The molecule has 0 aliphatic rings. The summed E-state index contributed by atoms with van der Waals surface area (Å²) in [6.45, 7) is 3.76. The van der Waals surface area contributed by atoms with E-state index in [0.29, 0.717) is 18.6 Å². The Morgan fingerprint density at radius 3 is 1.57 bits per heavy atom. The number of hydrogen-bond acceptors (Lipinski definition) is 1. The maximum Gasteiger partial charge on any atom is 0.132 e. The fourth-order valence-electron chi connectivity index (χ4n) is 0.250. The van der Waals surface area contributed by atoms with E-state index in [0.717, 1.165) is 0 Å². The number of carbonyl (C=O) groups excluding carboxylic acids is 1. The molecule has 0 heterocycles. The molecule has 0 saturated heterocycles. The maximum absolute atomic E-state index is 10.2. The highest BCUT2D eigenvalue weighted by Crippen LogP contribution is 1.82. The van der Waals surface area contributed by atoms with Crippen molar-refractivity contribution >= 4 is 5.78 Å². The van der Waals surface area contributed by atoms with Gasteiger partial charge in [0.25, 0.3) is 0 Å². The van der Waals surface area contributed by atoms with Crippen molar-refractivity contribution in [2.45, 2.75) is 26.7 Å². The Balaban J connectivity index is 0. The smallest absolute Gasteiger partial charge is 0.132 e. The van der Waals surface area contributed by atoms with Crippen LogP contribution in [0.25, 0.3) is 0 Å². The van der Waals surface area contributed by atoms with Crippen LogP contribution in [-0.2, 0) is 4.79 Å². The van der Waals surface area contributed by atoms with Crippen LogP contribution in [0.5, 0.6) is 0 Å². The molecular formula is C5H12O2. The molecule has 0 saturated carbocycles. The first-order chi connectivity index (χ1) is 2.81. The third-order valence-corrected chi connectivity index (χ3v) is 0.789. The topological polar surface area (TPSA) is 48.6 Å². The number of ketones is 1. The zero-order valence-corrected chi connectivity index (χ0v) is 4.82. The molecule has 0 aliphatic carbocycles. The van der Waals surface area contributed by atoms with Gasteiger partial charge < -0.3 is 5.48 Å². The van der Waals surface area contributed by atoms with E-state index in [2.05, 4.69) is 0 Å². The molecule has 0 spiro atoms. The Kier molecular flexibility index (Phi) is 7.88. The van der Waals surface area contributed by atoms with Crippen molar-refractivity contribution in [1.29, 1.82) is 0 Å². The fraction of sp³-hybridized carbons (Fsp3) is 0.800. The average Bonchev–Trinajstić information content (AvgIpc) is 1.65. The van der Waals surface area contributed by atoms with Crippen LogP contribution < -0.4 is 0 Å². The van der Waals surface area contributed by atoms with Crippen LogP contribution in [0.15, 0.2) is 0 Å². The van der Waals surface area contributed by atoms with E-state index in [9.17, 15) is 4.79 Å². The third-order valence-electron chi connectivity index (χ3n) is 0.789. The molecule has 44 valence electrons. The fourth-order valence-corrected chi connectivity index (χ4v) is 0.250. The Labute approximate surface area is 43.8 Å². The lowest BCUT2D eigenvalue weighted by atomic mass is 10.3. The predicted molar refractivity (Wildman–Crippen MR) is 29.2 cm³/mol. The first-order valence-electron chi connectivity index (χ1n) is 2.33. The Hall–Kier alpha value is -0.370. The van der Waals surface area contributed by atoms with E-state index in [1.807, 2.05) is 13.8 Å². The van der Waals surface area contributed by atoms with Gasteiger partial charge in [-0.25, -0.2) is 0 Å². The summed E-state index contributed by atoms with van der Waals surface area (Å²) >= 11 is 0. The van der Waals surface area contributed by atoms with Gasteiger partial charge in [0.05, 0.1) is 0 Å². The molecular weight excluding hydrogens is 92.1 g/mol. The first-order valence-corrected chi connectivity index (χ1v) is 2.33. The molecule has 0 aromatic carbocycles. The van der Waals surface area contributed by atoms with Crippen molar-refractivity contribution in [3.8, 4) is 0 Å². The highest BCUT2D eigenvalue weighted by molar-refractivity contribution is 5.77. The lowest BCUT2D eigenvalue weighted by Gasteiger charge is -1.81. The van der Waals surface area contributed by atoms with Gasteiger partial charge in [0.1, 0.15) is 5.78 Å². The van der Waals surface area contributed by atoms with Gasteiger partial charge in [0.2, 0.25) is 0 Å². The lowest BCUT2D eigenvalue weighted by Crippen LogP contribution is -1.88. The van der Waals surface area contributed by atoms with E-state index >= 15 is 0 Å². The van der Waals surface area contributed by atoms with Crippen molar-refractivity contribution in [3.63, 3.8) is 0 Å². The summed E-state index contributed by atoms with van der Waals surface area (Å²) in [6.07, 6.45) is 1.38. The highest BCUT2D eigenvalue weighted by atomic mass is 16.1. The zero-order valence-electron chi connectivity index (χ0n) is 4.82. The van der Waals surface area contributed by atoms with Crippen LogP contribution >= 0.6 is 0 Å². The summed E-state index contributed by atoms with van der Waals surface area (Å²) in [4.78, 5) is 10.2. The minimum Gasteiger partial charge on any atom is -0.412 e. The summed E-state index contributed by atoms with van der Waals surface area (Å²) < 4.78 is 0. The lowest BCUT2D eigenvalue weighted by molar-refractivity contribution is -0.118. The SMILES string of the molecule is CCC(=O)CC.O. The summed E-state index contributed by atoms with van der Waals surface area (Å²) in [5.74, 6) is 0.343. The van der Waals surface area contributed by atoms with Gasteiger partial charge in [0, 0.05) is 12.8 Å². The molecule has 0 aromatic heterocycles. The van der Waals surface area contributed by atoms with Gasteiger partial charge >= 0.3 is 0 Å². The van der Waals surface area contributed by atoms with Crippen molar-refractivity contribution in [1.82, 2.24) is 0 Å². The van der Waals surface area contributed by atoms with Crippen molar-refractivity contribution in [3.05, 3.63) is 0 Å². The molecule has 2 N–H and O–H groups in total. The second-order valence-electron chi connectivity index (χ2n) is 1.25. The molecule has 0 aliphatic heterocycles. The quantitative estimate of drug-likeness (QED) is 0.504. The predicted octanol–water partition coefficient (Wildman–Crippen LogP) is 0.551. The molecule has 0 unspecified atom stereocenters. The van der Waals surface area contributed by atoms with E-state index in [1.165, 1.54) is 0 Å². The van der Waals surface area contributed by atoms with Gasteiger partial charge in [0.15, 0.2) is 0 Å². The molecule has 0 aromatic rings. The molecule has 7 heavy (non-hydrogen) atoms. The molecule has 0 amide bonds. The minimum atomic E-state index is 0. The van der Waals surface area contributed by atoms with Crippen molar-refractivity contribution in [2.75, 3.05) is 0 Å². The van der Waals surface area contributed by atoms with Crippen LogP contribution in [0.1, 0.15) is 26.7 Å². The van der Waals surface area contributed by atoms with E-state index in [1.54, 1.807) is 0 Å². The van der Waals surface area contributed by atoms with E-state index in [-0.39, 0.29) is 5.48 Å². The van der Waals surface area contributed by atoms with Gasteiger partial charge in [-0.15, -0.1) is 0 Å². The molecule has 0 rings (SSSR count). The van der Waals surface area contributed by atoms with E-state index in [4.69, 9.17) is 0 Å². The van der Waals surface area contributed by atoms with Gasteiger partial charge in [-0.1, -0.05) is 13.8 Å². The number of rotatable bonds is 2. The summed E-state index contributed by atoms with van der Waals surface area (Å²) in [6, 6.07) is 0. The maximum atomic E-state index is 10.2. The van der Waals surface area contributed by atoms with E-state index < -0.39 is 0 Å². The highest BCUT2D eigenvalue weighted by Gasteiger charge is 1.86. The second kappa shape index (κ2) is 5.63. The monoisotopic (exact) mass is 104 g/mol. The largest absolute Gasteiger partial charge is 0.412 e. The van der Waals surface area contributed by atoms with Gasteiger partial charge in [-0.05, 0) is 0 Å². The molecule has 2 heteroatoms. The molecule has 0 fully saturated rings. The minimum absolute atomic E-state index is 0. The standard InChI is InChI=1S/C5H10O.H2O/c1-3-5(6)4-2;/h3-4H2,1-2H3;1H2. The normalized spacial score (nSPS) is 7.14. The zero-order chi connectivity index (χ0) is 4.99. The molecule has 0 atom stereocenters. The summed E-state index contributed by atoms with van der Waals surface area (Å²) in [5.41, 5.74) is 0. The van der Waals surface area contributed by atoms with Crippen LogP contribution in [-0.4, -0.2) is 11.3 Å². The average molecular weight is 104 g/mol. The molecule has 0 bridgehead atoms.